The molecule has 1 heterocycles. The van der Waals surface area contributed by atoms with Gasteiger partial charge in [0.2, 0.25) is 0 Å². The highest BCUT2D eigenvalue weighted by atomic mass is 16.6. The maximum absolute atomic E-state index is 11.6. The van der Waals surface area contributed by atoms with Gasteiger partial charge in [-0.05, 0) is 43.9 Å². The second-order valence-corrected chi connectivity index (χ2v) is 6.78. The van der Waals surface area contributed by atoms with Gasteiger partial charge < -0.3 is 15.4 Å². The van der Waals surface area contributed by atoms with Gasteiger partial charge in [-0.15, -0.1) is 0 Å². The Hall–Kier alpha value is -2.60. The van der Waals surface area contributed by atoms with Crippen molar-refractivity contribution in [3.05, 3.63) is 63.7 Å². The molecule has 2 aromatic rings. The van der Waals surface area contributed by atoms with E-state index in [0.717, 1.165) is 37.1 Å². The van der Waals surface area contributed by atoms with Crippen LogP contribution in [0.3, 0.4) is 0 Å². The fourth-order valence-corrected chi connectivity index (χ4v) is 3.57. The number of nitro benzene ring substituents is 1. The van der Waals surface area contributed by atoms with Crippen LogP contribution in [-0.4, -0.2) is 24.6 Å². The Morgan fingerprint density at radius 3 is 2.73 bits per heavy atom. The van der Waals surface area contributed by atoms with E-state index in [1.165, 1.54) is 0 Å². The number of nitrogens with zero attached hydrogens (tertiary/aromatic N) is 2. The van der Waals surface area contributed by atoms with Crippen molar-refractivity contribution >= 4 is 11.4 Å². The Morgan fingerprint density at radius 2 is 2.04 bits per heavy atom. The van der Waals surface area contributed by atoms with Crippen LogP contribution >= 0.6 is 0 Å². The van der Waals surface area contributed by atoms with Crippen LogP contribution in [0.25, 0.3) is 0 Å². The molecule has 1 aliphatic heterocycles. The molecule has 1 saturated heterocycles. The summed E-state index contributed by atoms with van der Waals surface area (Å²) < 4.78 is 5.97. The molecule has 0 spiro atoms. The van der Waals surface area contributed by atoms with Gasteiger partial charge in [-0.1, -0.05) is 30.3 Å². The lowest BCUT2D eigenvalue weighted by molar-refractivity contribution is -0.384. The lowest BCUT2D eigenvalue weighted by Gasteiger charge is -2.34. The Bertz CT molecular complexity index is 764. The van der Waals surface area contributed by atoms with E-state index >= 15 is 0 Å². The highest BCUT2D eigenvalue weighted by molar-refractivity contribution is 5.71. The zero-order chi connectivity index (χ0) is 18.5. The van der Waals surface area contributed by atoms with E-state index in [9.17, 15) is 10.1 Å². The summed E-state index contributed by atoms with van der Waals surface area (Å²) in [5.41, 5.74) is 8.51. The van der Waals surface area contributed by atoms with Crippen LogP contribution in [0.2, 0.25) is 0 Å². The summed E-state index contributed by atoms with van der Waals surface area (Å²) >= 11 is 0. The van der Waals surface area contributed by atoms with Crippen molar-refractivity contribution in [1.82, 2.24) is 0 Å². The third-order valence-electron chi connectivity index (χ3n) is 4.96. The molecule has 0 saturated carbocycles. The molecule has 26 heavy (non-hydrogen) atoms. The first kappa shape index (κ1) is 18.2. The molecule has 6 nitrogen and oxygen atoms in total. The standard InChI is InChI=1S/C20H25N3O3/c1-15-19(26-14-16-6-3-2-4-7-16)10-9-18(23(24)25)20(15)22-11-5-8-17(12-21)13-22/h2-4,6-7,9-10,17H,5,8,11-14,21H2,1H3/t17-/m0/s1. The minimum Gasteiger partial charge on any atom is -0.489 e. The first-order valence-electron chi connectivity index (χ1n) is 9.00. The number of rotatable bonds is 6. The van der Waals surface area contributed by atoms with Crippen LogP contribution in [0, 0.1) is 23.0 Å². The Morgan fingerprint density at radius 1 is 1.27 bits per heavy atom. The zero-order valence-electron chi connectivity index (χ0n) is 15.1. The highest BCUT2D eigenvalue weighted by Gasteiger charge is 2.28. The highest BCUT2D eigenvalue weighted by Crippen LogP contribution is 2.39. The molecule has 1 aliphatic rings. The van der Waals surface area contributed by atoms with E-state index in [2.05, 4.69) is 4.90 Å². The topological polar surface area (TPSA) is 81.6 Å². The maximum Gasteiger partial charge on any atom is 0.293 e. The number of ether oxygens (including phenoxy) is 1. The number of hydrogen-bond acceptors (Lipinski definition) is 5. The molecular weight excluding hydrogens is 330 g/mol. The Balaban J connectivity index is 1.89. The molecule has 0 amide bonds. The first-order chi connectivity index (χ1) is 12.6. The third kappa shape index (κ3) is 3.96. The van der Waals surface area contributed by atoms with Gasteiger partial charge in [-0.25, -0.2) is 0 Å². The van der Waals surface area contributed by atoms with Crippen LogP contribution in [0.1, 0.15) is 24.0 Å². The molecule has 1 fully saturated rings. The molecule has 138 valence electrons. The smallest absolute Gasteiger partial charge is 0.293 e. The van der Waals surface area contributed by atoms with Gasteiger partial charge in [0.25, 0.3) is 5.69 Å². The van der Waals surface area contributed by atoms with E-state index in [0.29, 0.717) is 30.5 Å². The lowest BCUT2D eigenvalue weighted by Crippen LogP contribution is -2.39. The summed E-state index contributed by atoms with van der Waals surface area (Å²) in [6, 6.07) is 13.1. The van der Waals surface area contributed by atoms with Crippen molar-refractivity contribution in [2.45, 2.75) is 26.4 Å². The largest absolute Gasteiger partial charge is 0.489 e. The van der Waals surface area contributed by atoms with Gasteiger partial charge in [0.15, 0.2) is 0 Å². The molecule has 0 unspecified atom stereocenters. The molecule has 6 heteroatoms. The van der Waals surface area contributed by atoms with E-state index < -0.39 is 0 Å². The van der Waals surface area contributed by atoms with Gasteiger partial charge in [-0.2, -0.15) is 0 Å². The van der Waals surface area contributed by atoms with Crippen LogP contribution in [-0.2, 0) is 6.61 Å². The molecule has 3 rings (SSSR count). The number of nitrogens with two attached hydrogens (primary N) is 1. The van der Waals surface area contributed by atoms with Crippen LogP contribution < -0.4 is 15.4 Å². The quantitative estimate of drug-likeness (QED) is 0.632. The Labute approximate surface area is 153 Å². The molecule has 2 N–H and O–H groups in total. The van der Waals surface area contributed by atoms with Gasteiger partial charge in [0.05, 0.1) is 4.92 Å². The molecule has 1 atom stereocenters. The molecular formula is C20H25N3O3. The molecule has 0 bridgehead atoms. The van der Waals surface area contributed by atoms with Gasteiger partial charge in [0.1, 0.15) is 18.0 Å². The maximum atomic E-state index is 11.6. The van der Waals surface area contributed by atoms with Gasteiger partial charge >= 0.3 is 0 Å². The summed E-state index contributed by atoms with van der Waals surface area (Å²) in [6.45, 7) is 4.49. The lowest BCUT2D eigenvalue weighted by atomic mass is 9.96. The number of nitro groups is 1. The van der Waals surface area contributed by atoms with Crippen molar-refractivity contribution in [3.63, 3.8) is 0 Å². The monoisotopic (exact) mass is 355 g/mol. The number of anilines is 1. The molecule has 2 aromatic carbocycles. The van der Waals surface area contributed by atoms with Gasteiger partial charge in [0, 0.05) is 24.7 Å². The SMILES string of the molecule is Cc1c(OCc2ccccc2)ccc([N+](=O)[O-])c1N1CCC[C@@H](CN)C1. The van der Waals surface area contributed by atoms with E-state index in [-0.39, 0.29) is 10.6 Å². The first-order valence-corrected chi connectivity index (χ1v) is 9.00. The van der Waals surface area contributed by atoms with Crippen molar-refractivity contribution in [3.8, 4) is 5.75 Å². The van der Waals surface area contributed by atoms with Crippen molar-refractivity contribution in [2.75, 3.05) is 24.5 Å². The van der Waals surface area contributed by atoms with Gasteiger partial charge in [-0.3, -0.25) is 10.1 Å². The number of hydrogen-bond donors (Lipinski definition) is 1. The molecule has 0 aromatic heterocycles. The van der Waals surface area contributed by atoms with Crippen LogP contribution in [0.4, 0.5) is 11.4 Å². The normalized spacial score (nSPS) is 17.2. The average molecular weight is 355 g/mol. The van der Waals surface area contributed by atoms with E-state index in [1.54, 1.807) is 12.1 Å². The van der Waals surface area contributed by atoms with Crippen LogP contribution in [0.5, 0.6) is 5.75 Å². The summed E-state index contributed by atoms with van der Waals surface area (Å²) in [6.07, 6.45) is 2.07. The van der Waals surface area contributed by atoms with Crippen molar-refractivity contribution < 1.29 is 9.66 Å². The predicted octanol–water partition coefficient (Wildman–Crippen LogP) is 3.66. The molecule has 0 aliphatic carbocycles. The number of piperidine rings is 1. The molecule has 0 radical (unpaired) electrons. The zero-order valence-corrected chi connectivity index (χ0v) is 15.1. The van der Waals surface area contributed by atoms with Crippen LogP contribution in [0.15, 0.2) is 42.5 Å². The second kappa shape index (κ2) is 8.19. The summed E-state index contributed by atoms with van der Waals surface area (Å²) in [5.74, 6) is 1.06. The predicted molar refractivity (Wildman–Crippen MR) is 103 cm³/mol. The fraction of sp³-hybridized carbons (Fsp3) is 0.400. The third-order valence-corrected chi connectivity index (χ3v) is 4.96. The summed E-state index contributed by atoms with van der Waals surface area (Å²) in [4.78, 5) is 13.4. The summed E-state index contributed by atoms with van der Waals surface area (Å²) in [7, 11) is 0. The van der Waals surface area contributed by atoms with Crippen molar-refractivity contribution in [2.24, 2.45) is 11.7 Å². The summed E-state index contributed by atoms with van der Waals surface area (Å²) in [5, 5.41) is 11.6. The second-order valence-electron chi connectivity index (χ2n) is 6.78. The van der Waals surface area contributed by atoms with E-state index in [4.69, 9.17) is 10.5 Å². The minimum atomic E-state index is -0.310. The minimum absolute atomic E-state index is 0.132. The fourth-order valence-electron chi connectivity index (χ4n) is 3.57. The average Bonchev–Trinajstić information content (AvgIpc) is 2.67. The Kier molecular flexibility index (Phi) is 5.73. The van der Waals surface area contributed by atoms with Crippen molar-refractivity contribution in [1.29, 1.82) is 0 Å². The van der Waals surface area contributed by atoms with E-state index in [1.807, 2.05) is 37.3 Å². The number of benzene rings is 2.